The Morgan fingerprint density at radius 2 is 2.19 bits per heavy atom. The molecule has 5 heteroatoms. The summed E-state index contributed by atoms with van der Waals surface area (Å²) in [5.41, 5.74) is 6.84. The van der Waals surface area contributed by atoms with Crippen LogP contribution in [-0.4, -0.2) is 38.0 Å². The molecular formula is C11H16BrN3O. The van der Waals surface area contributed by atoms with Crippen molar-refractivity contribution in [3.63, 3.8) is 0 Å². The number of hydrogen-bond donors (Lipinski definition) is 2. The first kappa shape index (κ1) is 13.0. The number of nitrogens with zero attached hydrogens (tertiary/aromatic N) is 1. The number of rotatable bonds is 4. The Balaban J connectivity index is 2.63. The van der Waals surface area contributed by atoms with E-state index in [2.05, 4.69) is 21.2 Å². The van der Waals surface area contributed by atoms with Crippen molar-refractivity contribution in [2.24, 2.45) is 0 Å². The average molecular weight is 286 g/mol. The summed E-state index contributed by atoms with van der Waals surface area (Å²) in [6.07, 6.45) is 0. The first-order valence-electron chi connectivity index (χ1n) is 4.99. The van der Waals surface area contributed by atoms with E-state index in [1.807, 2.05) is 19.0 Å². The molecule has 0 saturated carbocycles. The molecule has 0 aliphatic heterocycles. The number of likely N-dealkylation sites (N-methyl/N-ethyl adjacent to an activating group) is 1. The van der Waals surface area contributed by atoms with E-state index in [1.165, 1.54) is 0 Å². The van der Waals surface area contributed by atoms with Crippen molar-refractivity contribution in [3.8, 4) is 0 Å². The van der Waals surface area contributed by atoms with E-state index in [0.29, 0.717) is 22.3 Å². The zero-order valence-corrected chi connectivity index (χ0v) is 11.0. The van der Waals surface area contributed by atoms with E-state index >= 15 is 0 Å². The number of nitrogens with one attached hydrogen (secondary N) is 1. The van der Waals surface area contributed by atoms with Crippen LogP contribution in [0.5, 0.6) is 0 Å². The van der Waals surface area contributed by atoms with Crippen LogP contribution in [0, 0.1) is 0 Å². The van der Waals surface area contributed by atoms with E-state index < -0.39 is 0 Å². The minimum absolute atomic E-state index is 0.110. The number of anilines is 1. The average Bonchev–Trinajstić information content (AvgIpc) is 2.21. The van der Waals surface area contributed by atoms with Gasteiger partial charge >= 0.3 is 0 Å². The summed E-state index contributed by atoms with van der Waals surface area (Å²) >= 11 is 3.31. The summed E-state index contributed by atoms with van der Waals surface area (Å²) in [7, 11) is 3.92. The predicted molar refractivity (Wildman–Crippen MR) is 69.4 cm³/mol. The maximum Gasteiger partial charge on any atom is 0.252 e. The summed E-state index contributed by atoms with van der Waals surface area (Å²) < 4.78 is 0.650. The fourth-order valence-electron chi connectivity index (χ4n) is 1.21. The Kier molecular flexibility index (Phi) is 4.76. The Bertz CT molecular complexity index is 379. The van der Waals surface area contributed by atoms with Gasteiger partial charge in [-0.3, -0.25) is 4.79 Å². The molecule has 0 unspecified atom stereocenters. The zero-order valence-electron chi connectivity index (χ0n) is 9.46. The van der Waals surface area contributed by atoms with Crippen molar-refractivity contribution in [3.05, 3.63) is 28.2 Å². The van der Waals surface area contributed by atoms with Crippen LogP contribution in [0.15, 0.2) is 22.7 Å². The normalized spacial score (nSPS) is 10.5. The Hall–Kier alpha value is -1.07. The van der Waals surface area contributed by atoms with Gasteiger partial charge in [0, 0.05) is 18.8 Å². The van der Waals surface area contributed by atoms with Gasteiger partial charge in [-0.1, -0.05) is 6.07 Å². The van der Waals surface area contributed by atoms with Crippen LogP contribution in [0.25, 0.3) is 0 Å². The molecule has 1 rings (SSSR count). The maximum atomic E-state index is 11.8. The molecule has 0 atom stereocenters. The second kappa shape index (κ2) is 5.86. The highest BCUT2D eigenvalue weighted by atomic mass is 79.9. The van der Waals surface area contributed by atoms with Gasteiger partial charge in [-0.15, -0.1) is 0 Å². The topological polar surface area (TPSA) is 58.4 Å². The minimum Gasteiger partial charge on any atom is -0.398 e. The fourth-order valence-corrected chi connectivity index (χ4v) is 1.66. The molecule has 1 aromatic rings. The molecule has 1 amide bonds. The third-order valence-corrected chi connectivity index (χ3v) is 3.00. The van der Waals surface area contributed by atoms with Gasteiger partial charge in [0.1, 0.15) is 0 Å². The summed E-state index contributed by atoms with van der Waals surface area (Å²) in [5, 5.41) is 2.83. The van der Waals surface area contributed by atoms with Gasteiger partial charge in [-0.05, 0) is 42.2 Å². The van der Waals surface area contributed by atoms with Crippen LogP contribution in [0.3, 0.4) is 0 Å². The number of halogens is 1. The van der Waals surface area contributed by atoms with E-state index in [-0.39, 0.29) is 5.91 Å². The molecule has 3 N–H and O–H groups in total. The maximum absolute atomic E-state index is 11.8. The van der Waals surface area contributed by atoms with Crippen LogP contribution in [-0.2, 0) is 0 Å². The number of amides is 1. The second-order valence-electron chi connectivity index (χ2n) is 3.77. The molecule has 0 spiro atoms. The van der Waals surface area contributed by atoms with Crippen molar-refractivity contribution >= 4 is 27.5 Å². The lowest BCUT2D eigenvalue weighted by atomic mass is 10.2. The Morgan fingerprint density at radius 3 is 2.81 bits per heavy atom. The number of benzene rings is 1. The monoisotopic (exact) mass is 285 g/mol. The van der Waals surface area contributed by atoms with Crippen molar-refractivity contribution in [2.75, 3.05) is 32.9 Å². The SMILES string of the molecule is CN(C)CCNC(=O)c1cccc(N)c1Br. The smallest absolute Gasteiger partial charge is 0.252 e. The van der Waals surface area contributed by atoms with Gasteiger partial charge in [0.2, 0.25) is 0 Å². The van der Waals surface area contributed by atoms with Crippen LogP contribution in [0.4, 0.5) is 5.69 Å². The van der Waals surface area contributed by atoms with Crippen LogP contribution in [0.2, 0.25) is 0 Å². The molecule has 16 heavy (non-hydrogen) atoms. The largest absolute Gasteiger partial charge is 0.398 e. The molecule has 1 aromatic carbocycles. The van der Waals surface area contributed by atoms with Crippen molar-refractivity contribution in [1.82, 2.24) is 10.2 Å². The third-order valence-electron chi connectivity index (χ3n) is 2.12. The van der Waals surface area contributed by atoms with Gasteiger partial charge < -0.3 is 16.0 Å². The number of nitrogens with two attached hydrogens (primary N) is 1. The summed E-state index contributed by atoms with van der Waals surface area (Å²) in [4.78, 5) is 13.8. The highest BCUT2D eigenvalue weighted by molar-refractivity contribution is 9.10. The molecule has 0 fully saturated rings. The van der Waals surface area contributed by atoms with Crippen molar-refractivity contribution in [1.29, 1.82) is 0 Å². The van der Waals surface area contributed by atoms with Crippen molar-refractivity contribution in [2.45, 2.75) is 0 Å². The van der Waals surface area contributed by atoms with Gasteiger partial charge in [0.15, 0.2) is 0 Å². The molecule has 0 aliphatic carbocycles. The molecule has 88 valence electrons. The van der Waals surface area contributed by atoms with E-state index in [9.17, 15) is 4.79 Å². The highest BCUT2D eigenvalue weighted by Crippen LogP contribution is 2.23. The van der Waals surface area contributed by atoms with E-state index in [0.717, 1.165) is 6.54 Å². The Morgan fingerprint density at radius 1 is 1.50 bits per heavy atom. The standard InChI is InChI=1S/C11H16BrN3O/c1-15(2)7-6-14-11(16)8-4-3-5-9(13)10(8)12/h3-5H,6-7,13H2,1-2H3,(H,14,16). The van der Waals surface area contributed by atoms with Crippen LogP contribution in [0.1, 0.15) is 10.4 Å². The van der Waals surface area contributed by atoms with Crippen LogP contribution >= 0.6 is 15.9 Å². The summed E-state index contributed by atoms with van der Waals surface area (Å²) in [5.74, 6) is -0.110. The zero-order chi connectivity index (χ0) is 12.1. The lowest BCUT2D eigenvalue weighted by Gasteiger charge is -2.11. The Labute approximate surface area is 104 Å². The number of carbonyl (C=O) groups excluding carboxylic acids is 1. The molecule has 0 aliphatic rings. The van der Waals surface area contributed by atoms with Crippen LogP contribution < -0.4 is 11.1 Å². The third kappa shape index (κ3) is 3.50. The fraction of sp³-hybridized carbons (Fsp3) is 0.364. The van der Waals surface area contributed by atoms with Gasteiger partial charge in [0.05, 0.1) is 10.0 Å². The van der Waals surface area contributed by atoms with Crippen molar-refractivity contribution < 1.29 is 4.79 Å². The quantitative estimate of drug-likeness (QED) is 0.821. The molecule has 0 heterocycles. The lowest BCUT2D eigenvalue weighted by molar-refractivity contribution is 0.0950. The number of hydrogen-bond acceptors (Lipinski definition) is 3. The first-order valence-corrected chi connectivity index (χ1v) is 5.78. The molecule has 0 aromatic heterocycles. The van der Waals surface area contributed by atoms with Gasteiger partial charge in [-0.2, -0.15) is 0 Å². The molecule has 0 saturated heterocycles. The number of carbonyl (C=O) groups is 1. The van der Waals surface area contributed by atoms with Gasteiger partial charge in [-0.25, -0.2) is 0 Å². The van der Waals surface area contributed by atoms with Gasteiger partial charge in [0.25, 0.3) is 5.91 Å². The molecule has 0 radical (unpaired) electrons. The van der Waals surface area contributed by atoms with E-state index in [1.54, 1.807) is 18.2 Å². The second-order valence-corrected chi connectivity index (χ2v) is 4.56. The molecule has 4 nitrogen and oxygen atoms in total. The minimum atomic E-state index is -0.110. The summed E-state index contributed by atoms with van der Waals surface area (Å²) in [6, 6.07) is 5.26. The lowest BCUT2D eigenvalue weighted by Crippen LogP contribution is -2.31. The predicted octanol–water partition coefficient (Wildman–Crippen LogP) is 1.32. The highest BCUT2D eigenvalue weighted by Gasteiger charge is 2.10. The first-order chi connectivity index (χ1) is 7.52. The summed E-state index contributed by atoms with van der Waals surface area (Å²) in [6.45, 7) is 1.43. The number of nitrogen functional groups attached to an aromatic ring is 1. The van der Waals surface area contributed by atoms with E-state index in [4.69, 9.17) is 5.73 Å². The molecular weight excluding hydrogens is 270 g/mol. The molecule has 0 bridgehead atoms.